The van der Waals surface area contributed by atoms with Crippen LogP contribution >= 0.6 is 0 Å². The first-order valence-electron chi connectivity index (χ1n) is 6.87. The van der Waals surface area contributed by atoms with Crippen molar-refractivity contribution >= 4 is 0 Å². The van der Waals surface area contributed by atoms with Crippen LogP contribution in [0.5, 0.6) is 5.75 Å². The Morgan fingerprint density at radius 3 is 3.00 bits per heavy atom. The summed E-state index contributed by atoms with van der Waals surface area (Å²) in [5.41, 5.74) is 7.21. The van der Waals surface area contributed by atoms with E-state index in [0.29, 0.717) is 6.61 Å². The zero-order valence-corrected chi connectivity index (χ0v) is 11.1. The molecule has 1 fully saturated rings. The molecule has 0 spiro atoms. The second-order valence-corrected chi connectivity index (χ2v) is 4.93. The number of ether oxygens (including phenoxy) is 2. The van der Waals surface area contributed by atoms with Gasteiger partial charge in [-0.05, 0) is 37.3 Å². The molecular formula is C15H23NO2. The Balaban J connectivity index is 1.93. The van der Waals surface area contributed by atoms with Gasteiger partial charge in [-0.25, -0.2) is 0 Å². The molecule has 1 saturated heterocycles. The van der Waals surface area contributed by atoms with Crippen molar-refractivity contribution < 1.29 is 9.47 Å². The topological polar surface area (TPSA) is 44.5 Å². The van der Waals surface area contributed by atoms with Gasteiger partial charge in [0.1, 0.15) is 12.4 Å². The van der Waals surface area contributed by atoms with Gasteiger partial charge in [0.05, 0.1) is 6.10 Å². The Bertz CT molecular complexity index is 361. The minimum absolute atomic E-state index is 0.206. The van der Waals surface area contributed by atoms with Gasteiger partial charge in [-0.3, -0.25) is 0 Å². The molecule has 3 nitrogen and oxygen atoms in total. The van der Waals surface area contributed by atoms with E-state index < -0.39 is 0 Å². The molecule has 2 unspecified atom stereocenters. The van der Waals surface area contributed by atoms with Gasteiger partial charge in [-0.2, -0.15) is 0 Å². The smallest absolute Gasteiger partial charge is 0.122 e. The molecule has 0 saturated carbocycles. The Morgan fingerprint density at radius 1 is 1.44 bits per heavy atom. The SMILES string of the molecule is CCC(N)Cc1ccccc1OCC1CCCO1. The van der Waals surface area contributed by atoms with Crippen molar-refractivity contribution in [2.45, 2.75) is 44.8 Å². The van der Waals surface area contributed by atoms with E-state index in [1.807, 2.05) is 18.2 Å². The van der Waals surface area contributed by atoms with E-state index in [2.05, 4.69) is 13.0 Å². The number of benzene rings is 1. The van der Waals surface area contributed by atoms with Crippen molar-refractivity contribution in [3.63, 3.8) is 0 Å². The molecule has 1 aromatic rings. The van der Waals surface area contributed by atoms with Crippen molar-refractivity contribution in [1.82, 2.24) is 0 Å². The zero-order chi connectivity index (χ0) is 12.8. The number of para-hydroxylation sites is 1. The number of hydrogen-bond acceptors (Lipinski definition) is 3. The summed E-state index contributed by atoms with van der Waals surface area (Å²) in [6.45, 7) is 3.63. The Kier molecular flexibility index (Phi) is 5.02. The summed E-state index contributed by atoms with van der Waals surface area (Å²) in [7, 11) is 0. The molecule has 0 aliphatic carbocycles. The van der Waals surface area contributed by atoms with Crippen molar-refractivity contribution in [3.05, 3.63) is 29.8 Å². The minimum Gasteiger partial charge on any atom is -0.491 e. The first-order valence-corrected chi connectivity index (χ1v) is 6.87. The fourth-order valence-corrected chi connectivity index (χ4v) is 2.20. The van der Waals surface area contributed by atoms with Gasteiger partial charge in [-0.15, -0.1) is 0 Å². The molecule has 0 radical (unpaired) electrons. The maximum Gasteiger partial charge on any atom is 0.122 e. The molecule has 3 heteroatoms. The third-order valence-electron chi connectivity index (χ3n) is 3.43. The Morgan fingerprint density at radius 2 is 2.28 bits per heavy atom. The van der Waals surface area contributed by atoms with Crippen LogP contribution in [0, 0.1) is 0 Å². The molecule has 18 heavy (non-hydrogen) atoms. The highest BCUT2D eigenvalue weighted by atomic mass is 16.5. The summed E-state index contributed by atoms with van der Waals surface area (Å²) in [5, 5.41) is 0. The second-order valence-electron chi connectivity index (χ2n) is 4.93. The van der Waals surface area contributed by atoms with Crippen molar-refractivity contribution in [2.75, 3.05) is 13.2 Å². The summed E-state index contributed by atoms with van der Waals surface area (Å²) >= 11 is 0. The van der Waals surface area contributed by atoms with Gasteiger partial charge in [0, 0.05) is 12.6 Å². The third-order valence-corrected chi connectivity index (χ3v) is 3.43. The Hall–Kier alpha value is -1.06. The molecule has 0 aromatic heterocycles. The summed E-state index contributed by atoms with van der Waals surface area (Å²) in [4.78, 5) is 0. The fraction of sp³-hybridized carbons (Fsp3) is 0.600. The van der Waals surface area contributed by atoms with Crippen LogP contribution in [-0.4, -0.2) is 25.4 Å². The van der Waals surface area contributed by atoms with Gasteiger partial charge in [0.25, 0.3) is 0 Å². The lowest BCUT2D eigenvalue weighted by Crippen LogP contribution is -2.22. The van der Waals surface area contributed by atoms with Crippen molar-refractivity contribution in [1.29, 1.82) is 0 Å². The number of nitrogens with two attached hydrogens (primary N) is 1. The standard InChI is InChI=1S/C15H23NO2/c1-2-13(16)10-12-6-3-4-8-15(12)18-11-14-7-5-9-17-14/h3-4,6,8,13-14H,2,5,7,9-11,16H2,1H3. The molecule has 1 aliphatic rings. The first kappa shape index (κ1) is 13.4. The number of rotatable bonds is 6. The van der Waals surface area contributed by atoms with Crippen LogP contribution in [0.3, 0.4) is 0 Å². The molecular weight excluding hydrogens is 226 g/mol. The van der Waals surface area contributed by atoms with Crippen LogP contribution in [0.1, 0.15) is 31.7 Å². The highest BCUT2D eigenvalue weighted by molar-refractivity contribution is 5.34. The monoisotopic (exact) mass is 249 g/mol. The molecule has 1 aromatic carbocycles. The molecule has 1 heterocycles. The average Bonchev–Trinajstić information content (AvgIpc) is 2.91. The highest BCUT2D eigenvalue weighted by Gasteiger charge is 2.16. The van der Waals surface area contributed by atoms with Crippen LogP contribution < -0.4 is 10.5 Å². The van der Waals surface area contributed by atoms with E-state index in [1.165, 1.54) is 5.56 Å². The molecule has 100 valence electrons. The van der Waals surface area contributed by atoms with Crippen LogP contribution in [0.2, 0.25) is 0 Å². The first-order chi connectivity index (χ1) is 8.79. The molecule has 2 atom stereocenters. The lowest BCUT2D eigenvalue weighted by molar-refractivity contribution is 0.0676. The fourth-order valence-electron chi connectivity index (χ4n) is 2.20. The van der Waals surface area contributed by atoms with E-state index in [0.717, 1.165) is 38.0 Å². The lowest BCUT2D eigenvalue weighted by Gasteiger charge is -2.16. The average molecular weight is 249 g/mol. The lowest BCUT2D eigenvalue weighted by atomic mass is 10.0. The maximum atomic E-state index is 6.01. The summed E-state index contributed by atoms with van der Waals surface area (Å²) in [5.74, 6) is 0.955. The van der Waals surface area contributed by atoms with Crippen LogP contribution in [0.25, 0.3) is 0 Å². The van der Waals surface area contributed by atoms with E-state index in [9.17, 15) is 0 Å². The van der Waals surface area contributed by atoms with Gasteiger partial charge < -0.3 is 15.2 Å². The van der Waals surface area contributed by atoms with Gasteiger partial charge in [0.15, 0.2) is 0 Å². The summed E-state index contributed by atoms with van der Waals surface area (Å²) in [6, 6.07) is 8.37. The highest BCUT2D eigenvalue weighted by Crippen LogP contribution is 2.21. The molecule has 2 rings (SSSR count). The Labute approximate surface area is 109 Å². The van der Waals surface area contributed by atoms with E-state index in [4.69, 9.17) is 15.2 Å². The normalized spacial score (nSPS) is 20.9. The van der Waals surface area contributed by atoms with Gasteiger partial charge >= 0.3 is 0 Å². The van der Waals surface area contributed by atoms with Crippen LogP contribution in [0.4, 0.5) is 0 Å². The third kappa shape index (κ3) is 3.72. The predicted molar refractivity (Wildman–Crippen MR) is 72.9 cm³/mol. The zero-order valence-electron chi connectivity index (χ0n) is 11.1. The van der Waals surface area contributed by atoms with Gasteiger partial charge in [-0.1, -0.05) is 25.1 Å². The quantitative estimate of drug-likeness (QED) is 0.842. The summed E-state index contributed by atoms with van der Waals surface area (Å²) < 4.78 is 11.5. The van der Waals surface area contributed by atoms with Crippen LogP contribution in [-0.2, 0) is 11.2 Å². The van der Waals surface area contributed by atoms with Crippen molar-refractivity contribution in [3.8, 4) is 5.75 Å². The van der Waals surface area contributed by atoms with E-state index in [1.54, 1.807) is 0 Å². The van der Waals surface area contributed by atoms with Crippen LogP contribution in [0.15, 0.2) is 24.3 Å². The largest absolute Gasteiger partial charge is 0.491 e. The number of hydrogen-bond donors (Lipinski definition) is 1. The van der Waals surface area contributed by atoms with E-state index in [-0.39, 0.29) is 12.1 Å². The summed E-state index contributed by atoms with van der Waals surface area (Å²) in [6.07, 6.45) is 4.38. The molecule has 1 aliphatic heterocycles. The second kappa shape index (κ2) is 6.76. The molecule has 2 N–H and O–H groups in total. The molecule has 0 amide bonds. The van der Waals surface area contributed by atoms with Crippen molar-refractivity contribution in [2.24, 2.45) is 5.73 Å². The molecule has 0 bridgehead atoms. The van der Waals surface area contributed by atoms with E-state index >= 15 is 0 Å². The van der Waals surface area contributed by atoms with Gasteiger partial charge in [0.2, 0.25) is 0 Å². The maximum absolute atomic E-state index is 6.01. The predicted octanol–water partition coefficient (Wildman–Crippen LogP) is 2.52. The minimum atomic E-state index is 0.206.